The van der Waals surface area contributed by atoms with Crippen LogP contribution in [0.1, 0.15) is 57.7 Å². The van der Waals surface area contributed by atoms with Crippen LogP contribution in [0.4, 0.5) is 0 Å². The molecule has 0 fully saturated rings. The maximum atomic E-state index is 11.6. The van der Waals surface area contributed by atoms with Crippen molar-refractivity contribution < 1.29 is 15.1 Å². The van der Waals surface area contributed by atoms with Crippen LogP contribution in [-0.2, 0) is 4.79 Å². The molecule has 3 aromatic rings. The molecule has 9 heteroatoms. The number of thiophene rings is 1. The van der Waals surface area contributed by atoms with Crippen LogP contribution < -0.4 is 5.48 Å². The van der Waals surface area contributed by atoms with Crippen LogP contribution in [0.3, 0.4) is 0 Å². The summed E-state index contributed by atoms with van der Waals surface area (Å²) in [7, 11) is 0. The smallest absolute Gasteiger partial charge is 0.306 e. The number of hydrogen-bond acceptors (Lipinski definition) is 7. The number of rotatable bonds is 5. The highest BCUT2D eigenvalue weighted by Gasteiger charge is 2.32. The molecule has 1 aliphatic rings. The van der Waals surface area contributed by atoms with Crippen molar-refractivity contribution in [1.82, 2.24) is 20.2 Å². The number of aryl methyl sites for hydroxylation is 2. The van der Waals surface area contributed by atoms with Gasteiger partial charge in [0.15, 0.2) is 5.82 Å². The molecule has 0 amide bonds. The highest BCUT2D eigenvalue weighted by Crippen LogP contribution is 2.39. The summed E-state index contributed by atoms with van der Waals surface area (Å²) in [5.74, 6) is 6.38. The standard InChI is InChI=1S/C23H23N5O3S/c1-13-14(2)32-23-20(13)21(17-9-7-16(8-10-17)6-4-5-11-24-31)25-18(12-19(29)30)22-27-26-15(3)28(22)23/h7-10,18,24,31H,5,11-12H2,1-3H3,(H,29,30). The zero-order valence-corrected chi connectivity index (χ0v) is 18.8. The third kappa shape index (κ3) is 4.08. The number of aliphatic carboxylic acids is 1. The van der Waals surface area contributed by atoms with Crippen LogP contribution in [0, 0.1) is 32.6 Å². The lowest BCUT2D eigenvalue weighted by atomic mass is 9.98. The van der Waals surface area contributed by atoms with E-state index in [1.54, 1.807) is 11.3 Å². The van der Waals surface area contributed by atoms with E-state index >= 15 is 0 Å². The molecule has 3 N–H and O–H groups in total. The molecule has 8 nitrogen and oxygen atoms in total. The zero-order chi connectivity index (χ0) is 22.8. The van der Waals surface area contributed by atoms with Crippen molar-refractivity contribution in [3.05, 3.63) is 63.0 Å². The van der Waals surface area contributed by atoms with Crippen LogP contribution in [-0.4, -0.2) is 43.3 Å². The number of nitrogens with zero attached hydrogens (tertiary/aromatic N) is 4. The second kappa shape index (κ2) is 9.04. The molecule has 1 unspecified atom stereocenters. The number of hydrogen-bond donors (Lipinski definition) is 3. The molecule has 1 atom stereocenters. The largest absolute Gasteiger partial charge is 0.481 e. The molecule has 1 aromatic carbocycles. The molecule has 0 saturated heterocycles. The van der Waals surface area contributed by atoms with Gasteiger partial charge in [-0.25, -0.2) is 5.48 Å². The van der Waals surface area contributed by atoms with Gasteiger partial charge >= 0.3 is 5.97 Å². The monoisotopic (exact) mass is 449 g/mol. The van der Waals surface area contributed by atoms with Crippen molar-refractivity contribution in [1.29, 1.82) is 0 Å². The summed E-state index contributed by atoms with van der Waals surface area (Å²) < 4.78 is 1.94. The van der Waals surface area contributed by atoms with E-state index in [4.69, 9.17) is 10.2 Å². The average Bonchev–Trinajstić information content (AvgIpc) is 3.24. The number of fused-ring (bicyclic) bond motifs is 3. The minimum Gasteiger partial charge on any atom is -0.481 e. The highest BCUT2D eigenvalue weighted by molar-refractivity contribution is 7.15. The second-order valence-electron chi connectivity index (χ2n) is 7.53. The van der Waals surface area contributed by atoms with Crippen molar-refractivity contribution in [3.8, 4) is 16.8 Å². The number of carboxylic acids is 1. The molecule has 164 valence electrons. The van der Waals surface area contributed by atoms with E-state index in [9.17, 15) is 9.90 Å². The lowest BCUT2D eigenvalue weighted by molar-refractivity contribution is -0.137. The van der Waals surface area contributed by atoms with E-state index in [0.29, 0.717) is 24.6 Å². The van der Waals surface area contributed by atoms with Crippen LogP contribution in [0.25, 0.3) is 5.00 Å². The van der Waals surface area contributed by atoms with Gasteiger partial charge in [0.25, 0.3) is 0 Å². The molecular weight excluding hydrogens is 426 g/mol. The first-order valence-corrected chi connectivity index (χ1v) is 11.0. The molecule has 32 heavy (non-hydrogen) atoms. The van der Waals surface area contributed by atoms with E-state index in [2.05, 4.69) is 41.4 Å². The first-order valence-electron chi connectivity index (χ1n) is 10.2. The molecule has 0 radical (unpaired) electrons. The highest BCUT2D eigenvalue weighted by atomic mass is 32.1. The maximum Gasteiger partial charge on any atom is 0.306 e. The molecule has 4 rings (SSSR count). The second-order valence-corrected chi connectivity index (χ2v) is 8.74. The van der Waals surface area contributed by atoms with Crippen LogP contribution in [0.5, 0.6) is 0 Å². The van der Waals surface area contributed by atoms with Crippen molar-refractivity contribution in [2.75, 3.05) is 6.54 Å². The minimum absolute atomic E-state index is 0.170. The third-order valence-electron chi connectivity index (χ3n) is 5.36. The maximum absolute atomic E-state index is 11.6. The Labute approximate surface area is 189 Å². The quantitative estimate of drug-likeness (QED) is 0.313. The van der Waals surface area contributed by atoms with Gasteiger partial charge in [0.05, 0.1) is 12.1 Å². The number of aliphatic imine (C=N–C) groups is 1. The van der Waals surface area contributed by atoms with Crippen molar-refractivity contribution in [2.24, 2.45) is 4.99 Å². The molecule has 0 bridgehead atoms. The molecule has 0 saturated carbocycles. The van der Waals surface area contributed by atoms with Crippen LogP contribution in [0.15, 0.2) is 29.3 Å². The predicted molar refractivity (Wildman–Crippen MR) is 122 cm³/mol. The van der Waals surface area contributed by atoms with E-state index in [0.717, 1.165) is 33.0 Å². The zero-order valence-electron chi connectivity index (χ0n) is 18.0. The van der Waals surface area contributed by atoms with Gasteiger partial charge in [-0.1, -0.05) is 24.0 Å². The summed E-state index contributed by atoms with van der Waals surface area (Å²) in [6.45, 7) is 6.41. The van der Waals surface area contributed by atoms with Crippen LogP contribution >= 0.6 is 11.3 Å². The van der Waals surface area contributed by atoms with Gasteiger partial charge in [-0.05, 0) is 38.5 Å². The Morgan fingerprint density at radius 1 is 1.22 bits per heavy atom. The SMILES string of the molecule is Cc1sc2c(c1C)C(c1ccc(C#CCCNO)cc1)=NC(CC(=O)O)c1nnc(C)n1-2. The minimum atomic E-state index is -0.938. The molecule has 3 heterocycles. The summed E-state index contributed by atoms with van der Waals surface area (Å²) in [5.41, 5.74) is 6.68. The van der Waals surface area contributed by atoms with Crippen molar-refractivity contribution in [2.45, 2.75) is 39.7 Å². The molecule has 0 spiro atoms. The number of carboxylic acid groups (broad SMARTS) is 1. The lowest BCUT2D eigenvalue weighted by Crippen LogP contribution is -2.10. The molecular formula is C23H23N5O3S. The molecule has 0 aliphatic carbocycles. The first-order chi connectivity index (χ1) is 15.4. The topological polar surface area (TPSA) is 113 Å². The first kappa shape index (κ1) is 21.9. The third-order valence-corrected chi connectivity index (χ3v) is 6.55. The fourth-order valence-corrected chi connectivity index (χ4v) is 4.90. The Kier molecular flexibility index (Phi) is 6.19. The fraction of sp³-hybridized carbons (Fsp3) is 0.304. The Hall–Kier alpha value is -3.32. The summed E-state index contributed by atoms with van der Waals surface area (Å²) >= 11 is 1.64. The van der Waals surface area contributed by atoms with Crippen molar-refractivity contribution in [3.63, 3.8) is 0 Å². The molecule has 1 aliphatic heterocycles. The van der Waals surface area contributed by atoms with Gasteiger partial charge < -0.3 is 10.3 Å². The Morgan fingerprint density at radius 3 is 2.66 bits per heavy atom. The van der Waals surface area contributed by atoms with E-state index in [1.807, 2.05) is 35.8 Å². The number of benzene rings is 1. The lowest BCUT2D eigenvalue weighted by Gasteiger charge is -2.10. The average molecular weight is 450 g/mol. The van der Waals surface area contributed by atoms with E-state index in [-0.39, 0.29) is 6.42 Å². The van der Waals surface area contributed by atoms with Crippen molar-refractivity contribution >= 4 is 23.0 Å². The Bertz CT molecular complexity index is 1260. The van der Waals surface area contributed by atoms with E-state index < -0.39 is 12.0 Å². The number of hydroxylamine groups is 1. The fourth-order valence-electron chi connectivity index (χ4n) is 3.68. The van der Waals surface area contributed by atoms with Gasteiger partial charge in [0.2, 0.25) is 0 Å². The predicted octanol–water partition coefficient (Wildman–Crippen LogP) is 3.34. The Morgan fingerprint density at radius 2 is 1.97 bits per heavy atom. The van der Waals surface area contributed by atoms with E-state index in [1.165, 1.54) is 4.88 Å². The molecule has 2 aromatic heterocycles. The summed E-state index contributed by atoms with van der Waals surface area (Å²) in [4.78, 5) is 17.7. The normalized spacial score (nSPS) is 14.6. The number of carbonyl (C=O) groups is 1. The van der Waals surface area contributed by atoms with Gasteiger partial charge in [0.1, 0.15) is 16.9 Å². The van der Waals surface area contributed by atoms with Gasteiger partial charge in [-0.2, -0.15) is 0 Å². The summed E-state index contributed by atoms with van der Waals surface area (Å²) in [6.07, 6.45) is 0.370. The number of nitrogens with one attached hydrogen (secondary N) is 1. The van der Waals surface area contributed by atoms with Gasteiger partial charge in [0, 0.05) is 34.5 Å². The van der Waals surface area contributed by atoms with Gasteiger partial charge in [-0.15, -0.1) is 21.5 Å². The summed E-state index contributed by atoms with van der Waals surface area (Å²) in [6, 6.07) is 7.12. The number of aromatic nitrogens is 3. The van der Waals surface area contributed by atoms with Crippen LogP contribution in [0.2, 0.25) is 0 Å². The summed E-state index contributed by atoms with van der Waals surface area (Å²) in [5, 5.41) is 27.6. The van der Waals surface area contributed by atoms with Gasteiger partial charge in [-0.3, -0.25) is 14.4 Å². The Balaban J connectivity index is 1.84.